The lowest BCUT2D eigenvalue weighted by Crippen LogP contribution is -2.30. The van der Waals surface area contributed by atoms with Gasteiger partial charge in [0.15, 0.2) is 0 Å². The third-order valence-corrected chi connectivity index (χ3v) is 4.67. The Hall–Kier alpha value is -1.78. The molecule has 4 nitrogen and oxygen atoms in total. The van der Waals surface area contributed by atoms with Crippen LogP contribution in [0.5, 0.6) is 0 Å². The van der Waals surface area contributed by atoms with E-state index in [1.807, 2.05) is 30.1 Å². The predicted molar refractivity (Wildman–Crippen MR) is 90.5 cm³/mol. The summed E-state index contributed by atoms with van der Waals surface area (Å²) in [5.41, 5.74) is 2.79. The summed E-state index contributed by atoms with van der Waals surface area (Å²) in [4.78, 5) is 14.5. The minimum Gasteiger partial charge on any atom is -0.392 e. The van der Waals surface area contributed by atoms with E-state index in [0.29, 0.717) is 16.6 Å². The minimum absolute atomic E-state index is 0.0472. The average Bonchev–Trinajstić information content (AvgIpc) is 3.13. The van der Waals surface area contributed by atoms with Crippen LogP contribution in [-0.4, -0.2) is 33.6 Å². The molecule has 0 aliphatic carbocycles. The van der Waals surface area contributed by atoms with Crippen LogP contribution in [0.4, 0.5) is 0 Å². The van der Waals surface area contributed by atoms with Gasteiger partial charge in [-0.3, -0.25) is 4.79 Å². The van der Waals surface area contributed by atoms with Gasteiger partial charge in [0.05, 0.1) is 11.6 Å². The second kappa shape index (κ2) is 6.77. The molecule has 1 aliphatic rings. The Morgan fingerprint density at radius 1 is 1.35 bits per heavy atom. The van der Waals surface area contributed by atoms with Crippen molar-refractivity contribution in [3.63, 3.8) is 0 Å². The molecule has 1 N–H and O–H groups in total. The zero-order chi connectivity index (χ0) is 16.4. The largest absolute Gasteiger partial charge is 0.392 e. The maximum atomic E-state index is 12.6. The fourth-order valence-electron chi connectivity index (χ4n) is 3.27. The molecule has 0 radical (unpaired) electrons. The molecule has 1 unspecified atom stereocenters. The second-order valence-corrected chi connectivity index (χ2v) is 6.68. The first kappa shape index (κ1) is 16.1. The SMILES string of the molecule is Cn1cc(Cl)cc1C(=O)N1CCC(Cc2cccc(CO)c2)C1. The van der Waals surface area contributed by atoms with Crippen LogP contribution in [0.3, 0.4) is 0 Å². The van der Waals surface area contributed by atoms with Gasteiger partial charge in [-0.2, -0.15) is 0 Å². The number of benzene rings is 1. The molecule has 3 rings (SSSR count). The molecule has 1 aromatic heterocycles. The first-order valence-electron chi connectivity index (χ1n) is 7.86. The van der Waals surface area contributed by atoms with Crippen LogP contribution in [0.25, 0.3) is 0 Å². The Labute approximate surface area is 141 Å². The summed E-state index contributed by atoms with van der Waals surface area (Å²) >= 11 is 5.97. The molecule has 5 heteroatoms. The number of likely N-dealkylation sites (tertiary alicyclic amines) is 1. The molecule has 1 saturated heterocycles. The van der Waals surface area contributed by atoms with E-state index < -0.39 is 0 Å². The van der Waals surface area contributed by atoms with E-state index in [1.54, 1.807) is 16.8 Å². The van der Waals surface area contributed by atoms with E-state index in [2.05, 4.69) is 6.07 Å². The number of aliphatic hydroxyl groups excluding tert-OH is 1. The molecule has 1 aliphatic heterocycles. The number of aryl methyl sites for hydroxylation is 1. The fraction of sp³-hybridized carbons (Fsp3) is 0.389. The zero-order valence-electron chi connectivity index (χ0n) is 13.2. The third kappa shape index (κ3) is 3.59. The maximum Gasteiger partial charge on any atom is 0.270 e. The van der Waals surface area contributed by atoms with Crippen LogP contribution in [0.1, 0.15) is 28.0 Å². The summed E-state index contributed by atoms with van der Waals surface area (Å²) in [6.45, 7) is 1.62. The second-order valence-electron chi connectivity index (χ2n) is 6.24. The Bertz CT molecular complexity index is 711. The van der Waals surface area contributed by atoms with Gasteiger partial charge in [0.1, 0.15) is 5.69 Å². The number of hydrogen-bond acceptors (Lipinski definition) is 2. The fourth-order valence-corrected chi connectivity index (χ4v) is 3.52. The van der Waals surface area contributed by atoms with Crippen molar-refractivity contribution in [1.29, 1.82) is 0 Å². The zero-order valence-corrected chi connectivity index (χ0v) is 14.0. The standard InChI is InChI=1S/C18H21ClN2O2/c1-20-11-16(19)9-17(20)18(23)21-6-5-14(10-21)7-13-3-2-4-15(8-13)12-22/h2-4,8-9,11,14,22H,5-7,10,12H2,1H3. The molecule has 122 valence electrons. The van der Waals surface area contributed by atoms with Crippen LogP contribution >= 0.6 is 11.6 Å². The van der Waals surface area contributed by atoms with Crippen molar-refractivity contribution in [1.82, 2.24) is 9.47 Å². The lowest BCUT2D eigenvalue weighted by atomic mass is 9.97. The topological polar surface area (TPSA) is 45.5 Å². The monoisotopic (exact) mass is 332 g/mol. The van der Waals surface area contributed by atoms with Crippen LogP contribution in [-0.2, 0) is 20.1 Å². The normalized spacial score (nSPS) is 17.7. The van der Waals surface area contributed by atoms with Crippen molar-refractivity contribution < 1.29 is 9.90 Å². The van der Waals surface area contributed by atoms with Gasteiger partial charge in [-0.05, 0) is 36.0 Å². The molecule has 0 spiro atoms. The molecule has 2 aromatic rings. The van der Waals surface area contributed by atoms with E-state index >= 15 is 0 Å². The van der Waals surface area contributed by atoms with Gasteiger partial charge in [0.25, 0.3) is 5.91 Å². The Morgan fingerprint density at radius 3 is 2.83 bits per heavy atom. The lowest BCUT2D eigenvalue weighted by Gasteiger charge is -2.17. The van der Waals surface area contributed by atoms with Gasteiger partial charge in [-0.25, -0.2) is 0 Å². The Kier molecular flexibility index (Phi) is 4.74. The predicted octanol–water partition coefficient (Wildman–Crippen LogP) is 2.88. The molecule has 0 saturated carbocycles. The molecular weight excluding hydrogens is 312 g/mol. The summed E-state index contributed by atoms with van der Waals surface area (Å²) < 4.78 is 1.78. The molecule has 23 heavy (non-hydrogen) atoms. The minimum atomic E-state index is 0.0472. The van der Waals surface area contributed by atoms with Crippen molar-refractivity contribution >= 4 is 17.5 Å². The highest BCUT2D eigenvalue weighted by molar-refractivity contribution is 6.31. The molecule has 1 fully saturated rings. The number of carbonyl (C=O) groups excluding carboxylic acids is 1. The molecule has 2 heterocycles. The van der Waals surface area contributed by atoms with Crippen LogP contribution in [0.15, 0.2) is 36.5 Å². The van der Waals surface area contributed by atoms with Crippen LogP contribution in [0, 0.1) is 5.92 Å². The van der Waals surface area contributed by atoms with Gasteiger partial charge in [-0.1, -0.05) is 35.9 Å². The van der Waals surface area contributed by atoms with Crippen molar-refractivity contribution in [3.8, 4) is 0 Å². The Morgan fingerprint density at radius 2 is 2.13 bits per heavy atom. The summed E-state index contributed by atoms with van der Waals surface area (Å²) in [6, 6.07) is 9.75. The molecule has 1 aromatic carbocycles. The summed E-state index contributed by atoms with van der Waals surface area (Å²) in [5.74, 6) is 0.509. The smallest absolute Gasteiger partial charge is 0.270 e. The van der Waals surface area contributed by atoms with E-state index in [0.717, 1.165) is 31.5 Å². The first-order chi connectivity index (χ1) is 11.1. The molecule has 1 amide bonds. The van der Waals surface area contributed by atoms with Crippen LogP contribution in [0.2, 0.25) is 5.02 Å². The van der Waals surface area contributed by atoms with E-state index in [9.17, 15) is 9.90 Å². The number of amides is 1. The summed E-state index contributed by atoms with van der Waals surface area (Å²) in [7, 11) is 1.84. The number of halogens is 1. The van der Waals surface area contributed by atoms with E-state index in [4.69, 9.17) is 11.6 Å². The number of nitrogens with zero attached hydrogens (tertiary/aromatic N) is 2. The van der Waals surface area contributed by atoms with Crippen molar-refractivity contribution in [2.75, 3.05) is 13.1 Å². The molecule has 0 bridgehead atoms. The number of rotatable bonds is 4. The van der Waals surface area contributed by atoms with Gasteiger partial charge in [0, 0.05) is 26.3 Å². The summed E-state index contributed by atoms with van der Waals surface area (Å²) in [5, 5.41) is 9.82. The molecular formula is C18H21ClN2O2. The van der Waals surface area contributed by atoms with Gasteiger partial charge in [0.2, 0.25) is 0 Å². The van der Waals surface area contributed by atoms with Crippen LogP contribution < -0.4 is 0 Å². The van der Waals surface area contributed by atoms with Gasteiger partial charge < -0.3 is 14.6 Å². The Balaban J connectivity index is 1.64. The number of hydrogen-bond donors (Lipinski definition) is 1. The van der Waals surface area contributed by atoms with Gasteiger partial charge >= 0.3 is 0 Å². The van der Waals surface area contributed by atoms with Crippen molar-refractivity contribution in [2.24, 2.45) is 13.0 Å². The van der Waals surface area contributed by atoms with Crippen molar-refractivity contribution in [3.05, 3.63) is 58.4 Å². The van der Waals surface area contributed by atoms with Crippen molar-refractivity contribution in [2.45, 2.75) is 19.4 Å². The lowest BCUT2D eigenvalue weighted by molar-refractivity contribution is 0.0777. The van der Waals surface area contributed by atoms with E-state index in [-0.39, 0.29) is 12.5 Å². The highest BCUT2D eigenvalue weighted by Crippen LogP contribution is 2.24. The number of aromatic nitrogens is 1. The highest BCUT2D eigenvalue weighted by atomic mass is 35.5. The number of carbonyl (C=O) groups is 1. The molecule has 1 atom stereocenters. The first-order valence-corrected chi connectivity index (χ1v) is 8.24. The third-order valence-electron chi connectivity index (χ3n) is 4.46. The highest BCUT2D eigenvalue weighted by Gasteiger charge is 2.28. The maximum absolute atomic E-state index is 12.6. The van der Waals surface area contributed by atoms with E-state index in [1.165, 1.54) is 5.56 Å². The quantitative estimate of drug-likeness (QED) is 0.935. The number of aliphatic hydroxyl groups is 1. The summed E-state index contributed by atoms with van der Waals surface area (Å²) in [6.07, 6.45) is 3.70. The van der Waals surface area contributed by atoms with Gasteiger partial charge in [-0.15, -0.1) is 0 Å². The average molecular weight is 333 g/mol.